The van der Waals surface area contributed by atoms with Crippen LogP contribution in [0.2, 0.25) is 0 Å². The maximum absolute atomic E-state index is 12.4. The fourth-order valence-electron chi connectivity index (χ4n) is 3.45. The molecule has 0 bridgehead atoms. The molecule has 0 aromatic rings. The first-order valence-electron chi connectivity index (χ1n) is 7.71. The van der Waals surface area contributed by atoms with Gasteiger partial charge >= 0.3 is 0 Å². The Labute approximate surface area is 121 Å². The highest BCUT2D eigenvalue weighted by atomic mass is 16.5. The fourth-order valence-corrected chi connectivity index (χ4v) is 3.45. The van der Waals surface area contributed by atoms with Gasteiger partial charge in [0.05, 0.1) is 0 Å². The average Bonchev–Trinajstić information content (AvgIpc) is 2.91. The Bertz CT molecular complexity index is 304. The van der Waals surface area contributed by atoms with E-state index in [1.807, 2.05) is 4.90 Å². The van der Waals surface area contributed by atoms with Gasteiger partial charge in [-0.3, -0.25) is 4.79 Å². The summed E-state index contributed by atoms with van der Waals surface area (Å²) in [6.45, 7) is 2.11. The van der Waals surface area contributed by atoms with Crippen molar-refractivity contribution in [1.29, 1.82) is 0 Å². The Morgan fingerprint density at radius 3 is 2.00 bits per heavy atom. The van der Waals surface area contributed by atoms with Crippen LogP contribution in [-0.4, -0.2) is 56.9 Å². The lowest BCUT2D eigenvalue weighted by Gasteiger charge is -2.28. The van der Waals surface area contributed by atoms with Crippen LogP contribution in [0, 0.1) is 11.8 Å². The number of ether oxygens (including phenoxy) is 2. The minimum atomic E-state index is 0.0110. The molecule has 1 amide bonds. The van der Waals surface area contributed by atoms with Crippen LogP contribution >= 0.6 is 0 Å². The van der Waals surface area contributed by atoms with Gasteiger partial charge in [-0.05, 0) is 44.1 Å². The lowest BCUT2D eigenvalue weighted by atomic mass is 9.80. The topological polar surface area (TPSA) is 64.8 Å². The predicted molar refractivity (Wildman–Crippen MR) is 77.3 cm³/mol. The Hall–Kier alpha value is -0.650. The van der Waals surface area contributed by atoms with E-state index in [1.165, 1.54) is 12.8 Å². The maximum Gasteiger partial charge on any atom is 0.223 e. The molecule has 2 atom stereocenters. The third kappa shape index (κ3) is 3.71. The molecular formula is C15H28N2O3. The van der Waals surface area contributed by atoms with E-state index in [-0.39, 0.29) is 18.1 Å². The predicted octanol–water partition coefficient (Wildman–Crippen LogP) is 1.01. The molecule has 20 heavy (non-hydrogen) atoms. The minimum absolute atomic E-state index is 0.0110. The van der Waals surface area contributed by atoms with Crippen molar-refractivity contribution in [2.45, 2.75) is 44.3 Å². The molecule has 1 saturated heterocycles. The van der Waals surface area contributed by atoms with Gasteiger partial charge in [0.2, 0.25) is 5.91 Å². The van der Waals surface area contributed by atoms with Gasteiger partial charge in [0.1, 0.15) is 12.2 Å². The van der Waals surface area contributed by atoms with E-state index in [0.29, 0.717) is 31.3 Å². The molecule has 0 aromatic carbocycles. The molecule has 2 fully saturated rings. The second kappa shape index (κ2) is 7.38. The second-order valence-corrected chi connectivity index (χ2v) is 6.17. The van der Waals surface area contributed by atoms with Gasteiger partial charge < -0.3 is 20.1 Å². The zero-order chi connectivity index (χ0) is 14.5. The zero-order valence-corrected chi connectivity index (χ0v) is 12.7. The number of hydrogen-bond acceptors (Lipinski definition) is 4. The first-order valence-corrected chi connectivity index (χ1v) is 7.71. The highest BCUT2D eigenvalue weighted by Crippen LogP contribution is 2.31. The molecule has 0 aromatic heterocycles. The van der Waals surface area contributed by atoms with E-state index in [2.05, 4.69) is 0 Å². The van der Waals surface area contributed by atoms with E-state index < -0.39 is 0 Å². The smallest absolute Gasteiger partial charge is 0.223 e. The maximum atomic E-state index is 12.4. The summed E-state index contributed by atoms with van der Waals surface area (Å²) in [6.07, 6.45) is 5.33. The van der Waals surface area contributed by atoms with Crippen LogP contribution in [0.25, 0.3) is 0 Å². The molecule has 1 heterocycles. The van der Waals surface area contributed by atoms with Gasteiger partial charge in [-0.1, -0.05) is 0 Å². The third-order valence-electron chi connectivity index (χ3n) is 4.94. The summed E-state index contributed by atoms with van der Waals surface area (Å²) in [4.78, 5) is 14.3. The number of nitrogens with zero attached hydrogens (tertiary/aromatic N) is 1. The summed E-state index contributed by atoms with van der Waals surface area (Å²) in [6, 6.07) is 0. The number of nitrogens with two attached hydrogens (primary N) is 1. The van der Waals surface area contributed by atoms with E-state index in [0.717, 1.165) is 19.4 Å². The van der Waals surface area contributed by atoms with E-state index in [1.54, 1.807) is 14.2 Å². The Kier molecular flexibility index (Phi) is 5.81. The molecule has 1 aliphatic carbocycles. The third-order valence-corrected chi connectivity index (χ3v) is 4.94. The second-order valence-electron chi connectivity index (χ2n) is 6.17. The van der Waals surface area contributed by atoms with E-state index >= 15 is 0 Å². The van der Waals surface area contributed by atoms with Gasteiger partial charge in [0.15, 0.2) is 0 Å². The van der Waals surface area contributed by atoms with Crippen molar-refractivity contribution in [2.75, 3.05) is 33.9 Å². The molecule has 5 heteroatoms. The van der Waals surface area contributed by atoms with Crippen molar-refractivity contribution in [3.05, 3.63) is 0 Å². The van der Waals surface area contributed by atoms with Crippen molar-refractivity contribution in [3.8, 4) is 0 Å². The summed E-state index contributed by atoms with van der Waals surface area (Å²) in [5.74, 6) is 1.46. The van der Waals surface area contributed by atoms with Crippen LogP contribution in [0.5, 0.6) is 0 Å². The molecular weight excluding hydrogens is 256 g/mol. The first kappa shape index (κ1) is 15.7. The van der Waals surface area contributed by atoms with Gasteiger partial charge in [-0.15, -0.1) is 0 Å². The number of rotatable bonds is 5. The summed E-state index contributed by atoms with van der Waals surface area (Å²) in [5, 5.41) is 0. The summed E-state index contributed by atoms with van der Waals surface area (Å²) < 4.78 is 10.8. The SMILES string of the molecule is COC1CN(C(=O)CC2CCC(CN)CC2)CC1OC. The quantitative estimate of drug-likeness (QED) is 0.818. The molecule has 0 spiro atoms. The van der Waals surface area contributed by atoms with Crippen LogP contribution in [0.1, 0.15) is 32.1 Å². The zero-order valence-electron chi connectivity index (χ0n) is 12.7. The molecule has 5 nitrogen and oxygen atoms in total. The highest BCUT2D eigenvalue weighted by molar-refractivity contribution is 5.77. The highest BCUT2D eigenvalue weighted by Gasteiger charge is 2.36. The normalized spacial score (nSPS) is 34.5. The summed E-state index contributed by atoms with van der Waals surface area (Å²) in [5.41, 5.74) is 5.71. The van der Waals surface area contributed by atoms with Crippen LogP contribution < -0.4 is 5.73 Å². The molecule has 116 valence electrons. The first-order chi connectivity index (χ1) is 9.67. The Morgan fingerprint density at radius 1 is 1.05 bits per heavy atom. The number of hydrogen-bond donors (Lipinski definition) is 1. The minimum Gasteiger partial charge on any atom is -0.377 e. The summed E-state index contributed by atoms with van der Waals surface area (Å²) >= 11 is 0. The lowest BCUT2D eigenvalue weighted by molar-refractivity contribution is -0.132. The number of methoxy groups -OCH3 is 2. The van der Waals surface area contributed by atoms with Crippen LogP contribution in [0.15, 0.2) is 0 Å². The van der Waals surface area contributed by atoms with Crippen LogP contribution in [0.4, 0.5) is 0 Å². The largest absolute Gasteiger partial charge is 0.377 e. The summed E-state index contributed by atoms with van der Waals surface area (Å²) in [7, 11) is 3.36. The number of likely N-dealkylation sites (tertiary alicyclic amines) is 1. The number of carbonyl (C=O) groups is 1. The van der Waals surface area contributed by atoms with E-state index in [4.69, 9.17) is 15.2 Å². The van der Waals surface area contributed by atoms with Crippen molar-refractivity contribution in [3.63, 3.8) is 0 Å². The van der Waals surface area contributed by atoms with Gasteiger partial charge in [0.25, 0.3) is 0 Å². The van der Waals surface area contributed by atoms with Gasteiger partial charge in [-0.2, -0.15) is 0 Å². The molecule has 1 saturated carbocycles. The van der Waals surface area contributed by atoms with E-state index in [9.17, 15) is 4.79 Å². The molecule has 0 radical (unpaired) electrons. The number of amides is 1. The van der Waals surface area contributed by atoms with Gasteiger partial charge in [0, 0.05) is 33.7 Å². The van der Waals surface area contributed by atoms with Crippen molar-refractivity contribution < 1.29 is 14.3 Å². The average molecular weight is 284 g/mol. The van der Waals surface area contributed by atoms with Crippen LogP contribution in [-0.2, 0) is 14.3 Å². The van der Waals surface area contributed by atoms with Crippen molar-refractivity contribution in [2.24, 2.45) is 17.6 Å². The molecule has 2 unspecified atom stereocenters. The Balaban J connectivity index is 1.78. The molecule has 2 rings (SSSR count). The number of carbonyl (C=O) groups excluding carboxylic acids is 1. The van der Waals surface area contributed by atoms with Gasteiger partial charge in [-0.25, -0.2) is 0 Å². The standard InChI is InChI=1S/C15H28N2O3/c1-19-13-9-17(10-14(13)20-2)15(18)7-11-3-5-12(8-16)6-4-11/h11-14H,3-10,16H2,1-2H3. The molecule has 1 aliphatic heterocycles. The van der Waals surface area contributed by atoms with Crippen molar-refractivity contribution >= 4 is 5.91 Å². The lowest BCUT2D eigenvalue weighted by Crippen LogP contribution is -2.32. The van der Waals surface area contributed by atoms with Crippen LogP contribution in [0.3, 0.4) is 0 Å². The van der Waals surface area contributed by atoms with Crippen molar-refractivity contribution in [1.82, 2.24) is 4.90 Å². The fraction of sp³-hybridized carbons (Fsp3) is 0.933. The monoisotopic (exact) mass is 284 g/mol. The molecule has 2 N–H and O–H groups in total. The molecule has 2 aliphatic rings. The Morgan fingerprint density at radius 2 is 1.55 bits per heavy atom.